The summed E-state index contributed by atoms with van der Waals surface area (Å²) in [5.74, 6) is 0.823. The first-order valence-electron chi connectivity index (χ1n) is 9.37. The molecule has 0 radical (unpaired) electrons. The average molecular weight is 421 g/mol. The molecular weight excluding hydrogens is 392 g/mol. The van der Waals surface area contributed by atoms with Crippen LogP contribution in [0.1, 0.15) is 52.5 Å². The minimum absolute atomic E-state index is 0.0836. The lowest BCUT2D eigenvalue weighted by Gasteiger charge is -2.48. The standard InChI is InChI=1S/C21H29BrN2O2/c1-20(2,3)19(26)23-10-11-24(21(4,5)13-23)18(25)17-12-16(17)14-6-8-15(22)9-7-14/h6-9,16-17H,10-13H2,1-5H3/t16-,17+/m1/s1. The maximum Gasteiger partial charge on any atom is 0.228 e. The Morgan fingerprint density at radius 1 is 1.12 bits per heavy atom. The van der Waals surface area contributed by atoms with Gasteiger partial charge >= 0.3 is 0 Å². The fourth-order valence-electron chi connectivity index (χ4n) is 3.96. The second-order valence-electron chi connectivity index (χ2n) is 9.28. The molecule has 26 heavy (non-hydrogen) atoms. The average Bonchev–Trinajstić information content (AvgIpc) is 3.33. The molecule has 3 rings (SSSR count). The van der Waals surface area contributed by atoms with Gasteiger partial charge in [0, 0.05) is 35.4 Å². The summed E-state index contributed by atoms with van der Waals surface area (Å²) in [5.41, 5.74) is 0.528. The van der Waals surface area contributed by atoms with Gasteiger partial charge in [-0.15, -0.1) is 0 Å². The van der Waals surface area contributed by atoms with Crippen LogP contribution in [0.3, 0.4) is 0 Å². The first-order valence-corrected chi connectivity index (χ1v) is 10.2. The molecule has 1 saturated carbocycles. The molecule has 4 nitrogen and oxygen atoms in total. The van der Waals surface area contributed by atoms with E-state index in [0.717, 1.165) is 10.9 Å². The summed E-state index contributed by atoms with van der Waals surface area (Å²) in [6, 6.07) is 8.28. The largest absolute Gasteiger partial charge is 0.338 e. The van der Waals surface area contributed by atoms with Crippen molar-refractivity contribution in [3.63, 3.8) is 0 Å². The van der Waals surface area contributed by atoms with Crippen molar-refractivity contribution in [3.05, 3.63) is 34.3 Å². The highest BCUT2D eigenvalue weighted by Crippen LogP contribution is 2.49. The molecule has 0 N–H and O–H groups in total. The maximum atomic E-state index is 13.1. The SMILES string of the molecule is CC(C)(C)C(=O)N1CCN(C(=O)[C@H]2C[C@@H]2c2ccc(Br)cc2)C(C)(C)C1. The lowest BCUT2D eigenvalue weighted by Crippen LogP contribution is -2.63. The van der Waals surface area contributed by atoms with Gasteiger partial charge in [0.1, 0.15) is 0 Å². The molecule has 1 aliphatic heterocycles. The summed E-state index contributed by atoms with van der Waals surface area (Å²) in [4.78, 5) is 29.6. The summed E-state index contributed by atoms with van der Waals surface area (Å²) >= 11 is 3.46. The molecule has 1 aromatic rings. The fraction of sp³-hybridized carbons (Fsp3) is 0.619. The van der Waals surface area contributed by atoms with Crippen molar-refractivity contribution in [1.82, 2.24) is 9.80 Å². The topological polar surface area (TPSA) is 40.6 Å². The first-order chi connectivity index (χ1) is 12.0. The molecule has 1 heterocycles. The number of hydrogen-bond donors (Lipinski definition) is 0. The van der Waals surface area contributed by atoms with Crippen LogP contribution in [0, 0.1) is 11.3 Å². The maximum absolute atomic E-state index is 13.1. The number of piperazine rings is 1. The number of rotatable bonds is 2. The van der Waals surface area contributed by atoms with Crippen LogP contribution in [0.4, 0.5) is 0 Å². The first kappa shape index (κ1) is 19.4. The zero-order valence-electron chi connectivity index (χ0n) is 16.4. The summed E-state index contributed by atoms with van der Waals surface area (Å²) in [6.45, 7) is 11.9. The lowest BCUT2D eigenvalue weighted by atomic mass is 9.91. The van der Waals surface area contributed by atoms with Gasteiger partial charge in [0.15, 0.2) is 0 Å². The predicted molar refractivity (Wildman–Crippen MR) is 107 cm³/mol. The van der Waals surface area contributed by atoms with Gasteiger partial charge in [-0.05, 0) is 43.9 Å². The number of carbonyl (C=O) groups is 2. The van der Waals surface area contributed by atoms with E-state index in [1.807, 2.05) is 42.7 Å². The van der Waals surface area contributed by atoms with E-state index in [0.29, 0.717) is 25.6 Å². The molecular formula is C21H29BrN2O2. The molecule has 2 atom stereocenters. The number of amides is 2. The van der Waals surface area contributed by atoms with Crippen LogP contribution in [0.5, 0.6) is 0 Å². The van der Waals surface area contributed by atoms with Gasteiger partial charge in [-0.25, -0.2) is 0 Å². The van der Waals surface area contributed by atoms with Crippen LogP contribution >= 0.6 is 15.9 Å². The monoisotopic (exact) mass is 420 g/mol. The van der Waals surface area contributed by atoms with Crippen LogP contribution in [-0.4, -0.2) is 46.8 Å². The minimum atomic E-state index is -0.384. The quantitative estimate of drug-likeness (QED) is 0.723. The molecule has 1 aromatic carbocycles. The summed E-state index contributed by atoms with van der Waals surface area (Å²) in [5, 5.41) is 0. The highest BCUT2D eigenvalue weighted by molar-refractivity contribution is 9.10. The molecule has 2 amide bonds. The van der Waals surface area contributed by atoms with Crippen LogP contribution < -0.4 is 0 Å². The zero-order valence-corrected chi connectivity index (χ0v) is 18.0. The highest BCUT2D eigenvalue weighted by atomic mass is 79.9. The third kappa shape index (κ3) is 3.83. The molecule has 142 valence electrons. The van der Waals surface area contributed by atoms with Gasteiger partial charge in [0.25, 0.3) is 0 Å². The van der Waals surface area contributed by atoms with Gasteiger partial charge in [-0.1, -0.05) is 48.8 Å². The van der Waals surface area contributed by atoms with Crippen LogP contribution in [0.25, 0.3) is 0 Å². The second-order valence-corrected chi connectivity index (χ2v) is 10.2. The Balaban J connectivity index is 1.66. The number of halogens is 1. The Kier molecular flexibility index (Phi) is 4.97. The number of nitrogens with zero attached hydrogens (tertiary/aromatic N) is 2. The van der Waals surface area contributed by atoms with Crippen LogP contribution in [-0.2, 0) is 9.59 Å². The third-order valence-corrected chi connectivity index (χ3v) is 6.03. The number of hydrogen-bond acceptors (Lipinski definition) is 2. The van der Waals surface area contributed by atoms with E-state index in [1.54, 1.807) is 0 Å². The number of carbonyl (C=O) groups excluding carboxylic acids is 2. The van der Waals surface area contributed by atoms with Crippen molar-refractivity contribution in [2.45, 2.75) is 52.5 Å². The Morgan fingerprint density at radius 2 is 1.73 bits per heavy atom. The van der Waals surface area contributed by atoms with Gasteiger partial charge in [-0.2, -0.15) is 0 Å². The smallest absolute Gasteiger partial charge is 0.228 e. The van der Waals surface area contributed by atoms with Crippen molar-refractivity contribution in [2.75, 3.05) is 19.6 Å². The van der Waals surface area contributed by atoms with E-state index < -0.39 is 0 Å². The van der Waals surface area contributed by atoms with E-state index in [1.165, 1.54) is 5.56 Å². The Bertz CT molecular complexity index is 706. The lowest BCUT2D eigenvalue weighted by molar-refractivity contribution is -0.152. The summed E-state index contributed by atoms with van der Waals surface area (Å²) < 4.78 is 1.06. The molecule has 2 fully saturated rings. The zero-order chi connectivity index (χ0) is 19.3. The van der Waals surface area contributed by atoms with E-state index >= 15 is 0 Å². The van der Waals surface area contributed by atoms with Crippen LogP contribution in [0.2, 0.25) is 0 Å². The fourth-order valence-corrected chi connectivity index (χ4v) is 4.22. The molecule has 1 aliphatic carbocycles. The van der Waals surface area contributed by atoms with Gasteiger partial charge in [-0.3, -0.25) is 9.59 Å². The predicted octanol–water partition coefficient (Wildman–Crippen LogP) is 4.05. The normalized spacial score (nSPS) is 25.2. The van der Waals surface area contributed by atoms with Gasteiger partial charge in [0.2, 0.25) is 11.8 Å². The highest BCUT2D eigenvalue weighted by Gasteiger charge is 2.50. The molecule has 2 aliphatic rings. The van der Waals surface area contributed by atoms with Crippen molar-refractivity contribution >= 4 is 27.7 Å². The van der Waals surface area contributed by atoms with E-state index in [-0.39, 0.29) is 28.7 Å². The molecule has 0 aromatic heterocycles. The Hall–Kier alpha value is -1.36. The van der Waals surface area contributed by atoms with Crippen molar-refractivity contribution in [2.24, 2.45) is 11.3 Å². The molecule has 0 spiro atoms. The molecule has 0 bridgehead atoms. The van der Waals surface area contributed by atoms with Crippen molar-refractivity contribution < 1.29 is 9.59 Å². The summed E-state index contributed by atoms with van der Waals surface area (Å²) in [7, 11) is 0. The van der Waals surface area contributed by atoms with Crippen molar-refractivity contribution in [3.8, 4) is 0 Å². The van der Waals surface area contributed by atoms with Crippen molar-refractivity contribution in [1.29, 1.82) is 0 Å². The van der Waals surface area contributed by atoms with Gasteiger partial charge in [0.05, 0.1) is 5.54 Å². The molecule has 5 heteroatoms. The third-order valence-electron chi connectivity index (χ3n) is 5.50. The van der Waals surface area contributed by atoms with E-state index in [4.69, 9.17) is 0 Å². The van der Waals surface area contributed by atoms with Gasteiger partial charge < -0.3 is 9.80 Å². The second kappa shape index (κ2) is 6.66. The summed E-state index contributed by atoms with van der Waals surface area (Å²) in [6.07, 6.45) is 0.928. The Labute approximate surface area is 165 Å². The minimum Gasteiger partial charge on any atom is -0.338 e. The molecule has 0 unspecified atom stereocenters. The molecule has 1 saturated heterocycles. The van der Waals surface area contributed by atoms with E-state index in [9.17, 15) is 9.59 Å². The van der Waals surface area contributed by atoms with E-state index in [2.05, 4.69) is 41.9 Å². The number of benzene rings is 1. The van der Waals surface area contributed by atoms with Crippen LogP contribution in [0.15, 0.2) is 28.7 Å². The Morgan fingerprint density at radius 3 is 2.27 bits per heavy atom.